The molecule has 0 spiro atoms. The van der Waals surface area contributed by atoms with Crippen LogP contribution in [0.4, 0.5) is 13.2 Å². The SMILES string of the molecule is CCN(CC)S(=O)(=O)c1cccc(C(=O)N(C)CC(F)(F)F)c1. The molecule has 23 heavy (non-hydrogen) atoms. The number of benzene rings is 1. The van der Waals surface area contributed by atoms with Gasteiger partial charge in [-0.2, -0.15) is 17.5 Å². The molecule has 0 saturated heterocycles. The predicted molar refractivity (Wildman–Crippen MR) is 79.6 cm³/mol. The summed E-state index contributed by atoms with van der Waals surface area (Å²) in [6.07, 6.45) is -4.52. The van der Waals surface area contributed by atoms with Crippen LogP contribution in [0.5, 0.6) is 0 Å². The number of carbonyl (C=O) groups is 1. The Morgan fingerprint density at radius 2 is 1.74 bits per heavy atom. The average Bonchev–Trinajstić information content (AvgIpc) is 2.45. The highest BCUT2D eigenvalue weighted by Gasteiger charge is 2.32. The molecule has 1 aromatic rings. The summed E-state index contributed by atoms with van der Waals surface area (Å²) >= 11 is 0. The maximum absolute atomic E-state index is 12.4. The molecule has 1 amide bonds. The summed E-state index contributed by atoms with van der Waals surface area (Å²) in [7, 11) is -2.76. The quantitative estimate of drug-likeness (QED) is 0.790. The van der Waals surface area contributed by atoms with Gasteiger partial charge in [0, 0.05) is 25.7 Å². The van der Waals surface area contributed by atoms with E-state index in [0.29, 0.717) is 4.90 Å². The van der Waals surface area contributed by atoms with Gasteiger partial charge in [0.2, 0.25) is 10.0 Å². The minimum atomic E-state index is -4.52. The second-order valence-electron chi connectivity index (χ2n) is 4.89. The third kappa shape index (κ3) is 4.93. The molecular formula is C14H19F3N2O3S. The van der Waals surface area contributed by atoms with E-state index in [1.165, 1.54) is 22.5 Å². The zero-order chi connectivity index (χ0) is 17.8. The van der Waals surface area contributed by atoms with Gasteiger partial charge < -0.3 is 4.90 Å². The Bertz CT molecular complexity index is 655. The minimum Gasteiger partial charge on any atom is -0.333 e. The Morgan fingerprint density at radius 1 is 1.17 bits per heavy atom. The number of carbonyl (C=O) groups excluding carboxylic acids is 1. The molecule has 1 rings (SSSR count). The first-order chi connectivity index (χ1) is 10.5. The lowest BCUT2D eigenvalue weighted by Gasteiger charge is -2.21. The van der Waals surface area contributed by atoms with Crippen molar-refractivity contribution in [1.82, 2.24) is 9.21 Å². The van der Waals surface area contributed by atoms with Gasteiger partial charge in [-0.15, -0.1) is 0 Å². The second kappa shape index (κ2) is 7.31. The lowest BCUT2D eigenvalue weighted by atomic mass is 10.2. The van der Waals surface area contributed by atoms with E-state index in [4.69, 9.17) is 0 Å². The molecule has 0 unspecified atom stereocenters. The van der Waals surface area contributed by atoms with E-state index in [2.05, 4.69) is 0 Å². The summed E-state index contributed by atoms with van der Waals surface area (Å²) in [5, 5.41) is 0. The molecule has 0 aromatic heterocycles. The van der Waals surface area contributed by atoms with Crippen LogP contribution in [0, 0.1) is 0 Å². The van der Waals surface area contributed by atoms with Gasteiger partial charge in [0.05, 0.1) is 4.90 Å². The third-order valence-corrected chi connectivity index (χ3v) is 5.23. The van der Waals surface area contributed by atoms with Crippen LogP contribution in [0.25, 0.3) is 0 Å². The fraction of sp³-hybridized carbons (Fsp3) is 0.500. The normalized spacial score (nSPS) is 12.5. The summed E-state index contributed by atoms with van der Waals surface area (Å²) < 4.78 is 63.0. The lowest BCUT2D eigenvalue weighted by molar-refractivity contribution is -0.138. The molecule has 0 N–H and O–H groups in total. The minimum absolute atomic E-state index is 0.106. The molecule has 0 atom stereocenters. The first kappa shape index (κ1) is 19.4. The van der Waals surface area contributed by atoms with E-state index in [0.717, 1.165) is 13.1 Å². The highest BCUT2D eigenvalue weighted by Crippen LogP contribution is 2.20. The number of amides is 1. The first-order valence-corrected chi connectivity index (χ1v) is 8.39. The number of hydrogen-bond acceptors (Lipinski definition) is 3. The molecule has 0 radical (unpaired) electrons. The van der Waals surface area contributed by atoms with Crippen LogP contribution in [-0.4, -0.2) is 56.4 Å². The molecule has 0 aliphatic carbocycles. The van der Waals surface area contributed by atoms with Gasteiger partial charge in [-0.05, 0) is 18.2 Å². The lowest BCUT2D eigenvalue weighted by Crippen LogP contribution is -2.36. The number of hydrogen-bond donors (Lipinski definition) is 0. The highest BCUT2D eigenvalue weighted by molar-refractivity contribution is 7.89. The van der Waals surface area contributed by atoms with Crippen LogP contribution in [0.3, 0.4) is 0 Å². The van der Waals surface area contributed by atoms with Gasteiger partial charge in [-0.25, -0.2) is 8.42 Å². The Balaban J connectivity index is 3.12. The van der Waals surface area contributed by atoms with Crippen molar-refractivity contribution in [2.45, 2.75) is 24.9 Å². The fourth-order valence-corrected chi connectivity index (χ4v) is 3.57. The van der Waals surface area contributed by atoms with Crippen molar-refractivity contribution in [2.24, 2.45) is 0 Å². The van der Waals surface area contributed by atoms with Crippen molar-refractivity contribution >= 4 is 15.9 Å². The van der Waals surface area contributed by atoms with Gasteiger partial charge in [0.25, 0.3) is 5.91 Å². The summed E-state index contributed by atoms with van der Waals surface area (Å²) in [6, 6.07) is 5.04. The maximum atomic E-state index is 12.4. The van der Waals surface area contributed by atoms with Gasteiger partial charge in [-0.3, -0.25) is 4.79 Å². The number of nitrogens with zero attached hydrogens (tertiary/aromatic N) is 2. The maximum Gasteiger partial charge on any atom is 0.406 e. The number of halogens is 3. The Hall–Kier alpha value is -1.61. The molecular weight excluding hydrogens is 333 g/mol. The topological polar surface area (TPSA) is 57.7 Å². The monoisotopic (exact) mass is 352 g/mol. The largest absolute Gasteiger partial charge is 0.406 e. The highest BCUT2D eigenvalue weighted by atomic mass is 32.2. The first-order valence-electron chi connectivity index (χ1n) is 6.95. The summed E-state index contributed by atoms with van der Waals surface area (Å²) in [5.41, 5.74) is -0.106. The van der Waals surface area contributed by atoms with Gasteiger partial charge in [-0.1, -0.05) is 19.9 Å². The summed E-state index contributed by atoms with van der Waals surface area (Å²) in [5.74, 6) is -0.890. The summed E-state index contributed by atoms with van der Waals surface area (Å²) in [4.78, 5) is 12.4. The predicted octanol–water partition coefficient (Wildman–Crippen LogP) is 2.35. The average molecular weight is 352 g/mol. The zero-order valence-electron chi connectivity index (χ0n) is 13.1. The molecule has 130 valence electrons. The summed E-state index contributed by atoms with van der Waals surface area (Å²) in [6.45, 7) is 2.45. The van der Waals surface area contributed by atoms with Gasteiger partial charge >= 0.3 is 6.18 Å². The second-order valence-corrected chi connectivity index (χ2v) is 6.83. The Labute approximate surface area is 133 Å². The molecule has 0 fully saturated rings. The van der Waals surface area contributed by atoms with Crippen LogP contribution in [0.2, 0.25) is 0 Å². The van der Waals surface area contributed by atoms with E-state index in [9.17, 15) is 26.4 Å². The van der Waals surface area contributed by atoms with Crippen molar-refractivity contribution < 1.29 is 26.4 Å². The third-order valence-electron chi connectivity index (χ3n) is 3.19. The molecule has 5 nitrogen and oxygen atoms in total. The van der Waals surface area contributed by atoms with Crippen molar-refractivity contribution in [1.29, 1.82) is 0 Å². The number of alkyl halides is 3. The smallest absolute Gasteiger partial charge is 0.333 e. The van der Waals surface area contributed by atoms with E-state index < -0.39 is 28.7 Å². The van der Waals surface area contributed by atoms with Crippen molar-refractivity contribution in [3.8, 4) is 0 Å². The molecule has 0 saturated carbocycles. The van der Waals surface area contributed by atoms with E-state index >= 15 is 0 Å². The van der Waals surface area contributed by atoms with Gasteiger partial charge in [0.15, 0.2) is 0 Å². The molecule has 9 heteroatoms. The Kier molecular flexibility index (Phi) is 6.18. The number of sulfonamides is 1. The van der Waals surface area contributed by atoms with Crippen LogP contribution in [0.1, 0.15) is 24.2 Å². The number of rotatable bonds is 6. The van der Waals surface area contributed by atoms with E-state index in [1.807, 2.05) is 0 Å². The van der Waals surface area contributed by atoms with Crippen molar-refractivity contribution in [3.05, 3.63) is 29.8 Å². The van der Waals surface area contributed by atoms with Crippen LogP contribution < -0.4 is 0 Å². The molecule has 0 heterocycles. The molecule has 0 aliphatic rings. The molecule has 0 aliphatic heterocycles. The molecule has 1 aromatic carbocycles. The van der Waals surface area contributed by atoms with Crippen molar-refractivity contribution in [3.63, 3.8) is 0 Å². The van der Waals surface area contributed by atoms with Crippen molar-refractivity contribution in [2.75, 3.05) is 26.7 Å². The fourth-order valence-electron chi connectivity index (χ4n) is 2.06. The Morgan fingerprint density at radius 3 is 2.22 bits per heavy atom. The van der Waals surface area contributed by atoms with Gasteiger partial charge in [0.1, 0.15) is 6.54 Å². The zero-order valence-corrected chi connectivity index (χ0v) is 13.9. The van der Waals surface area contributed by atoms with Crippen LogP contribution in [0.15, 0.2) is 29.2 Å². The van der Waals surface area contributed by atoms with Crippen LogP contribution >= 0.6 is 0 Å². The standard InChI is InChI=1S/C14H19F3N2O3S/c1-4-19(5-2)23(21,22)12-8-6-7-11(9-12)13(20)18(3)10-14(15,16)17/h6-9H,4-5,10H2,1-3H3. The molecule has 0 bridgehead atoms. The van der Waals surface area contributed by atoms with Crippen LogP contribution in [-0.2, 0) is 10.0 Å². The van der Waals surface area contributed by atoms with E-state index in [-0.39, 0.29) is 23.5 Å². The van der Waals surface area contributed by atoms with E-state index in [1.54, 1.807) is 13.8 Å².